The highest BCUT2D eigenvalue weighted by molar-refractivity contribution is 5.82. The van der Waals surface area contributed by atoms with Gasteiger partial charge >= 0.3 is 12.0 Å². The Labute approximate surface area is 115 Å². The van der Waals surface area contributed by atoms with Gasteiger partial charge in [-0.05, 0) is 25.0 Å². The quantitative estimate of drug-likeness (QED) is 0.611. The first-order chi connectivity index (χ1) is 9.41. The Balaban J connectivity index is 2.40. The van der Waals surface area contributed by atoms with E-state index in [0.29, 0.717) is 5.56 Å². The van der Waals surface area contributed by atoms with E-state index in [-0.39, 0.29) is 18.8 Å². The lowest BCUT2D eigenvalue weighted by atomic mass is 10.1. The highest BCUT2D eigenvalue weighted by atomic mass is 19.1. The predicted octanol–water partition coefficient (Wildman–Crippen LogP) is 0.501. The number of rotatable bonds is 6. The van der Waals surface area contributed by atoms with Crippen LogP contribution in [0, 0.1) is 5.82 Å². The molecule has 110 valence electrons. The summed E-state index contributed by atoms with van der Waals surface area (Å²) in [6.45, 7) is 1.41. The molecule has 0 bridgehead atoms. The molecule has 0 spiro atoms. The van der Waals surface area contributed by atoms with Gasteiger partial charge < -0.3 is 20.8 Å². The summed E-state index contributed by atoms with van der Waals surface area (Å²) in [5.41, 5.74) is 0.457. The van der Waals surface area contributed by atoms with E-state index in [9.17, 15) is 19.1 Å². The van der Waals surface area contributed by atoms with E-state index in [1.54, 1.807) is 18.2 Å². The molecule has 20 heavy (non-hydrogen) atoms. The second-order valence-corrected chi connectivity index (χ2v) is 4.30. The molecule has 6 nitrogen and oxygen atoms in total. The summed E-state index contributed by atoms with van der Waals surface area (Å²) in [6, 6.07) is 4.07. The lowest BCUT2D eigenvalue weighted by Gasteiger charge is -2.17. The number of carbonyl (C=O) groups excluding carboxylic acids is 1. The van der Waals surface area contributed by atoms with E-state index in [1.807, 2.05) is 0 Å². The third-order valence-corrected chi connectivity index (χ3v) is 2.67. The minimum atomic E-state index is -1.39. The minimum absolute atomic E-state index is 0.152. The first-order valence-electron chi connectivity index (χ1n) is 6.10. The number of carboxylic acid groups (broad SMARTS) is 1. The van der Waals surface area contributed by atoms with Crippen molar-refractivity contribution in [1.82, 2.24) is 10.6 Å². The zero-order valence-electron chi connectivity index (χ0n) is 11.0. The van der Waals surface area contributed by atoms with Gasteiger partial charge in [0.05, 0.1) is 6.10 Å². The van der Waals surface area contributed by atoms with E-state index in [4.69, 9.17) is 5.11 Å². The van der Waals surface area contributed by atoms with Crippen LogP contribution in [0.15, 0.2) is 24.3 Å². The van der Waals surface area contributed by atoms with Crippen molar-refractivity contribution in [1.29, 1.82) is 0 Å². The number of carboxylic acids is 1. The first-order valence-corrected chi connectivity index (χ1v) is 6.10. The summed E-state index contributed by atoms with van der Waals surface area (Å²) in [5, 5.41) is 22.5. The maximum Gasteiger partial charge on any atom is 0.328 e. The van der Waals surface area contributed by atoms with Gasteiger partial charge in [0.15, 0.2) is 6.04 Å². The third-order valence-electron chi connectivity index (χ3n) is 2.67. The molecule has 1 rings (SSSR count). The van der Waals surface area contributed by atoms with Crippen LogP contribution in [0.5, 0.6) is 0 Å². The number of benzene rings is 1. The van der Waals surface area contributed by atoms with Crippen molar-refractivity contribution in [2.24, 2.45) is 0 Å². The highest BCUT2D eigenvalue weighted by Gasteiger charge is 2.24. The van der Waals surface area contributed by atoms with E-state index in [0.717, 1.165) is 0 Å². The van der Waals surface area contributed by atoms with Gasteiger partial charge in [-0.25, -0.2) is 14.0 Å². The molecule has 0 saturated carbocycles. The molecule has 0 heterocycles. The lowest BCUT2D eigenvalue weighted by molar-refractivity contribution is -0.141. The SMILES string of the molecule is C[C@@H](O)[C@H](NC(=O)NCCc1ccccc1F)C(=O)O. The van der Waals surface area contributed by atoms with Crippen molar-refractivity contribution >= 4 is 12.0 Å². The fraction of sp³-hybridized carbons (Fsp3) is 0.385. The molecular formula is C13H17FN2O4. The summed E-state index contributed by atoms with van der Waals surface area (Å²) in [6.07, 6.45) is -0.934. The maximum absolute atomic E-state index is 13.3. The molecule has 4 N–H and O–H groups in total. The zero-order chi connectivity index (χ0) is 15.1. The topological polar surface area (TPSA) is 98.7 Å². The van der Waals surface area contributed by atoms with Gasteiger partial charge in [0.1, 0.15) is 5.82 Å². The molecule has 1 aromatic rings. The maximum atomic E-state index is 13.3. The molecule has 0 aliphatic carbocycles. The molecule has 2 amide bonds. The molecule has 0 aromatic heterocycles. The second-order valence-electron chi connectivity index (χ2n) is 4.30. The van der Waals surface area contributed by atoms with Gasteiger partial charge in [-0.3, -0.25) is 0 Å². The van der Waals surface area contributed by atoms with Crippen LogP contribution in [0.3, 0.4) is 0 Å². The van der Waals surface area contributed by atoms with Crippen LogP contribution >= 0.6 is 0 Å². The number of hydrogen-bond donors (Lipinski definition) is 4. The fourth-order valence-corrected chi connectivity index (χ4v) is 1.59. The first kappa shape index (κ1) is 15.9. The molecule has 2 atom stereocenters. The standard InChI is InChI=1S/C13H17FN2O4/c1-8(17)11(12(18)19)16-13(20)15-7-6-9-4-2-3-5-10(9)14/h2-5,8,11,17H,6-7H2,1H3,(H,18,19)(H2,15,16,20)/t8-,11+/m1/s1. The predicted molar refractivity (Wildman–Crippen MR) is 69.7 cm³/mol. The van der Waals surface area contributed by atoms with Gasteiger partial charge in [0.25, 0.3) is 0 Å². The summed E-state index contributed by atoms with van der Waals surface area (Å²) in [7, 11) is 0. The lowest BCUT2D eigenvalue weighted by Crippen LogP contribution is -2.51. The Kier molecular flexibility index (Phi) is 5.92. The number of nitrogens with one attached hydrogen (secondary N) is 2. The zero-order valence-corrected chi connectivity index (χ0v) is 11.0. The molecule has 7 heteroatoms. The number of aliphatic hydroxyl groups is 1. The Bertz CT molecular complexity index is 479. The van der Waals surface area contributed by atoms with Gasteiger partial charge in [-0.2, -0.15) is 0 Å². The largest absolute Gasteiger partial charge is 0.480 e. The summed E-state index contributed by atoms with van der Waals surface area (Å²) >= 11 is 0. The molecule has 0 radical (unpaired) electrons. The molecule has 0 aliphatic rings. The third kappa shape index (κ3) is 4.85. The molecule has 1 aromatic carbocycles. The molecule has 0 saturated heterocycles. The van der Waals surface area contributed by atoms with E-state index in [1.165, 1.54) is 13.0 Å². The smallest absolute Gasteiger partial charge is 0.328 e. The number of urea groups is 1. The summed E-state index contributed by atoms with van der Waals surface area (Å²) in [5.74, 6) is -1.69. The van der Waals surface area contributed by atoms with Crippen molar-refractivity contribution in [3.8, 4) is 0 Å². The number of aliphatic hydroxyl groups excluding tert-OH is 1. The van der Waals surface area contributed by atoms with Crippen molar-refractivity contribution in [3.63, 3.8) is 0 Å². The van der Waals surface area contributed by atoms with E-state index in [2.05, 4.69) is 10.6 Å². The number of hydrogen-bond acceptors (Lipinski definition) is 3. The minimum Gasteiger partial charge on any atom is -0.480 e. The number of amides is 2. The van der Waals surface area contributed by atoms with Crippen LogP contribution in [0.1, 0.15) is 12.5 Å². The van der Waals surface area contributed by atoms with E-state index < -0.39 is 24.1 Å². The van der Waals surface area contributed by atoms with E-state index >= 15 is 0 Å². The van der Waals surface area contributed by atoms with Gasteiger partial charge in [0.2, 0.25) is 0 Å². The Morgan fingerprint density at radius 2 is 2.00 bits per heavy atom. The van der Waals surface area contributed by atoms with Gasteiger partial charge in [-0.15, -0.1) is 0 Å². The number of halogens is 1. The van der Waals surface area contributed by atoms with Gasteiger partial charge in [-0.1, -0.05) is 18.2 Å². The normalized spacial score (nSPS) is 13.3. The second kappa shape index (κ2) is 7.44. The number of carbonyl (C=O) groups is 2. The highest BCUT2D eigenvalue weighted by Crippen LogP contribution is 2.06. The average molecular weight is 284 g/mol. The Hall–Kier alpha value is -2.15. The molecular weight excluding hydrogens is 267 g/mol. The van der Waals surface area contributed by atoms with Gasteiger partial charge in [0, 0.05) is 6.54 Å². The fourth-order valence-electron chi connectivity index (χ4n) is 1.59. The van der Waals surface area contributed by atoms with Crippen LogP contribution in [0.4, 0.5) is 9.18 Å². The molecule has 0 unspecified atom stereocenters. The van der Waals surface area contributed by atoms with Crippen molar-refractivity contribution in [3.05, 3.63) is 35.6 Å². The van der Waals surface area contributed by atoms with Crippen molar-refractivity contribution < 1.29 is 24.2 Å². The summed E-state index contributed by atoms with van der Waals surface area (Å²) < 4.78 is 13.3. The summed E-state index contributed by atoms with van der Waals surface area (Å²) in [4.78, 5) is 22.2. The Morgan fingerprint density at radius 1 is 1.35 bits per heavy atom. The van der Waals surface area contributed by atoms with Crippen LogP contribution in [0.2, 0.25) is 0 Å². The van der Waals surface area contributed by atoms with Crippen molar-refractivity contribution in [2.75, 3.05) is 6.54 Å². The van der Waals surface area contributed by atoms with Crippen LogP contribution in [-0.2, 0) is 11.2 Å². The van der Waals surface area contributed by atoms with Crippen LogP contribution < -0.4 is 10.6 Å². The van der Waals surface area contributed by atoms with Crippen molar-refractivity contribution in [2.45, 2.75) is 25.5 Å². The van der Waals surface area contributed by atoms with Crippen LogP contribution in [0.25, 0.3) is 0 Å². The average Bonchev–Trinajstić information content (AvgIpc) is 2.37. The Morgan fingerprint density at radius 3 is 2.55 bits per heavy atom. The molecule has 0 aliphatic heterocycles. The van der Waals surface area contributed by atoms with Crippen LogP contribution in [-0.4, -0.2) is 40.9 Å². The molecule has 0 fully saturated rings. The monoisotopic (exact) mass is 284 g/mol. The number of aliphatic carboxylic acids is 1.